The molecule has 168 valence electrons. The van der Waals surface area contributed by atoms with Crippen LogP contribution in [0.4, 0.5) is 11.4 Å². The molecule has 0 aliphatic carbocycles. The van der Waals surface area contributed by atoms with Crippen LogP contribution in [0, 0.1) is 5.92 Å². The summed E-state index contributed by atoms with van der Waals surface area (Å²) in [7, 11) is 3.00. The van der Waals surface area contributed by atoms with Crippen LogP contribution in [0.5, 0.6) is 17.2 Å². The van der Waals surface area contributed by atoms with Gasteiger partial charge in [-0.1, -0.05) is 30.3 Å². The number of aromatic hydroxyl groups is 1. The zero-order valence-electron chi connectivity index (χ0n) is 18.0. The monoisotopic (exact) mass is 446 g/mol. The van der Waals surface area contributed by atoms with E-state index in [2.05, 4.69) is 0 Å². The lowest BCUT2D eigenvalue weighted by molar-refractivity contribution is -0.126. The van der Waals surface area contributed by atoms with Crippen molar-refractivity contribution in [2.45, 2.75) is 12.1 Å². The Morgan fingerprint density at radius 3 is 2.27 bits per heavy atom. The molecule has 0 saturated carbocycles. The number of fused-ring (bicyclic) bond motifs is 1. The Morgan fingerprint density at radius 2 is 1.61 bits per heavy atom. The molecule has 2 aliphatic heterocycles. The fraction of sp³-hybridized carbons (Fsp3) is 0.200. The normalized spacial score (nSPS) is 21.9. The molecule has 2 aliphatic rings. The van der Waals surface area contributed by atoms with Gasteiger partial charge in [-0.15, -0.1) is 0 Å². The number of anilines is 2. The second-order valence-corrected chi connectivity index (χ2v) is 7.80. The molecule has 2 amide bonds. The Kier molecular flexibility index (Phi) is 5.14. The van der Waals surface area contributed by atoms with Crippen molar-refractivity contribution < 1.29 is 29.0 Å². The van der Waals surface area contributed by atoms with Gasteiger partial charge in [0.05, 0.1) is 31.6 Å². The summed E-state index contributed by atoms with van der Waals surface area (Å²) in [6.07, 6.45) is -0.997. The molecule has 0 unspecified atom stereocenters. The molecule has 2 fully saturated rings. The SMILES string of the molecule is COc1ccc(N2C(=O)[C@H]3[C@H](ON(c4ccccc4)[C@@H]3c3ccc(O)cc3)C2=O)c(OC)c1. The molecule has 2 heterocycles. The molecule has 8 heteroatoms. The molecule has 0 radical (unpaired) electrons. The quantitative estimate of drug-likeness (QED) is 0.601. The average Bonchev–Trinajstić information content (AvgIpc) is 3.35. The molecular formula is C25H22N2O6. The number of amides is 2. The first-order valence-corrected chi connectivity index (χ1v) is 10.4. The number of phenols is 1. The molecule has 3 aromatic rings. The molecule has 0 aromatic heterocycles. The van der Waals surface area contributed by atoms with Gasteiger partial charge in [0.15, 0.2) is 6.10 Å². The van der Waals surface area contributed by atoms with Gasteiger partial charge in [-0.25, -0.2) is 9.96 Å². The summed E-state index contributed by atoms with van der Waals surface area (Å²) < 4.78 is 10.7. The molecular weight excluding hydrogens is 424 g/mol. The van der Waals surface area contributed by atoms with E-state index in [-0.39, 0.29) is 11.7 Å². The van der Waals surface area contributed by atoms with Crippen LogP contribution in [-0.4, -0.2) is 37.2 Å². The van der Waals surface area contributed by atoms with Crippen molar-refractivity contribution in [3.63, 3.8) is 0 Å². The van der Waals surface area contributed by atoms with Crippen LogP contribution in [0.3, 0.4) is 0 Å². The third-order valence-corrected chi connectivity index (χ3v) is 5.99. The number of phenolic OH excluding ortho intramolecular Hbond substituents is 1. The number of carbonyl (C=O) groups is 2. The van der Waals surface area contributed by atoms with E-state index in [0.717, 1.165) is 16.2 Å². The molecule has 1 N–H and O–H groups in total. The Bertz CT molecular complexity index is 1200. The largest absolute Gasteiger partial charge is 0.508 e. The number of hydrogen-bond donors (Lipinski definition) is 1. The predicted octanol–water partition coefficient (Wildman–Crippen LogP) is 3.46. The number of hydroxylamine groups is 1. The van der Waals surface area contributed by atoms with Crippen LogP contribution in [0.25, 0.3) is 0 Å². The number of carbonyl (C=O) groups excluding carboxylic acids is 2. The van der Waals surface area contributed by atoms with Crippen molar-refractivity contribution in [2.75, 3.05) is 24.2 Å². The second kappa shape index (κ2) is 8.14. The van der Waals surface area contributed by atoms with Crippen LogP contribution in [0.1, 0.15) is 11.6 Å². The highest BCUT2D eigenvalue weighted by Gasteiger charge is 2.60. The minimum Gasteiger partial charge on any atom is -0.508 e. The Morgan fingerprint density at radius 1 is 0.879 bits per heavy atom. The van der Waals surface area contributed by atoms with Crippen molar-refractivity contribution in [1.29, 1.82) is 0 Å². The fourth-order valence-electron chi connectivity index (χ4n) is 4.43. The number of para-hydroxylation sites is 1. The third kappa shape index (κ3) is 3.35. The summed E-state index contributed by atoms with van der Waals surface area (Å²) in [5.41, 5.74) is 1.80. The molecule has 3 aromatic carbocycles. The lowest BCUT2D eigenvalue weighted by Gasteiger charge is -2.29. The van der Waals surface area contributed by atoms with Gasteiger partial charge in [-0.2, -0.15) is 0 Å². The first-order valence-electron chi connectivity index (χ1n) is 10.4. The zero-order valence-corrected chi connectivity index (χ0v) is 18.0. The van der Waals surface area contributed by atoms with E-state index in [4.69, 9.17) is 14.3 Å². The van der Waals surface area contributed by atoms with E-state index in [1.807, 2.05) is 30.3 Å². The lowest BCUT2D eigenvalue weighted by Crippen LogP contribution is -2.37. The van der Waals surface area contributed by atoms with Crippen LogP contribution >= 0.6 is 0 Å². The number of nitrogens with zero attached hydrogens (tertiary/aromatic N) is 2. The van der Waals surface area contributed by atoms with Gasteiger partial charge in [0.2, 0.25) is 5.91 Å². The van der Waals surface area contributed by atoms with Crippen molar-refractivity contribution in [1.82, 2.24) is 0 Å². The maximum Gasteiger partial charge on any atom is 0.266 e. The van der Waals surface area contributed by atoms with Crippen molar-refractivity contribution >= 4 is 23.2 Å². The summed E-state index contributed by atoms with van der Waals surface area (Å²) in [4.78, 5) is 34.4. The van der Waals surface area contributed by atoms with E-state index in [1.54, 1.807) is 47.5 Å². The molecule has 5 rings (SSSR count). The van der Waals surface area contributed by atoms with Crippen molar-refractivity contribution in [3.8, 4) is 17.2 Å². The van der Waals surface area contributed by atoms with Crippen LogP contribution in [0.15, 0.2) is 72.8 Å². The molecule has 3 atom stereocenters. The first kappa shape index (κ1) is 20.8. The highest BCUT2D eigenvalue weighted by Crippen LogP contribution is 2.49. The molecule has 0 bridgehead atoms. The number of methoxy groups -OCH3 is 2. The summed E-state index contributed by atoms with van der Waals surface area (Å²) in [6.45, 7) is 0. The van der Waals surface area contributed by atoms with Gasteiger partial charge in [0, 0.05) is 6.07 Å². The smallest absolute Gasteiger partial charge is 0.266 e. The molecule has 0 spiro atoms. The number of hydrogen-bond acceptors (Lipinski definition) is 7. The molecule has 2 saturated heterocycles. The van der Waals surface area contributed by atoms with Crippen LogP contribution < -0.4 is 19.4 Å². The Labute approximate surface area is 190 Å². The van der Waals surface area contributed by atoms with Crippen molar-refractivity contribution in [2.24, 2.45) is 5.92 Å². The van der Waals surface area contributed by atoms with Gasteiger partial charge in [0.1, 0.15) is 23.2 Å². The Balaban J connectivity index is 1.58. The second-order valence-electron chi connectivity index (χ2n) is 7.80. The molecule has 33 heavy (non-hydrogen) atoms. The predicted molar refractivity (Wildman–Crippen MR) is 120 cm³/mol. The number of rotatable bonds is 5. The Hall–Kier alpha value is -4.04. The van der Waals surface area contributed by atoms with Gasteiger partial charge < -0.3 is 14.6 Å². The summed E-state index contributed by atoms with van der Waals surface area (Å²) in [5.74, 6) is -0.630. The maximum absolute atomic E-state index is 13.7. The van der Waals surface area contributed by atoms with E-state index >= 15 is 0 Å². The van der Waals surface area contributed by atoms with E-state index in [9.17, 15) is 14.7 Å². The lowest BCUT2D eigenvalue weighted by atomic mass is 9.90. The van der Waals surface area contributed by atoms with Crippen LogP contribution in [0.2, 0.25) is 0 Å². The van der Waals surface area contributed by atoms with Gasteiger partial charge >= 0.3 is 0 Å². The zero-order chi connectivity index (χ0) is 23.1. The minimum atomic E-state index is -0.997. The van der Waals surface area contributed by atoms with Crippen molar-refractivity contribution in [3.05, 3.63) is 78.4 Å². The van der Waals surface area contributed by atoms with E-state index in [0.29, 0.717) is 17.2 Å². The first-order chi connectivity index (χ1) is 16.0. The maximum atomic E-state index is 13.7. The number of imide groups is 1. The van der Waals surface area contributed by atoms with Gasteiger partial charge in [-0.3, -0.25) is 14.4 Å². The fourth-order valence-corrected chi connectivity index (χ4v) is 4.43. The standard InChI is InChI=1S/C25H22N2O6/c1-31-18-12-13-19(20(14-18)32-2)26-24(29)21-22(15-8-10-17(28)11-9-15)27(33-23(21)25(26)30)16-6-4-3-5-7-16/h3-14,21-23,28H,1-2H3/t21-,22-,23+/m1/s1. The van der Waals surface area contributed by atoms with Gasteiger partial charge in [-0.05, 0) is 42.0 Å². The van der Waals surface area contributed by atoms with Crippen LogP contribution in [-0.2, 0) is 14.4 Å². The summed E-state index contributed by atoms with van der Waals surface area (Å²) >= 11 is 0. The van der Waals surface area contributed by atoms with E-state index in [1.165, 1.54) is 14.2 Å². The summed E-state index contributed by atoms with van der Waals surface area (Å²) in [5, 5.41) is 11.4. The number of ether oxygens (including phenoxy) is 2. The van der Waals surface area contributed by atoms with E-state index < -0.39 is 24.0 Å². The topological polar surface area (TPSA) is 88.5 Å². The number of benzene rings is 3. The minimum absolute atomic E-state index is 0.110. The van der Waals surface area contributed by atoms with Gasteiger partial charge in [0.25, 0.3) is 5.91 Å². The summed E-state index contributed by atoms with van der Waals surface area (Å²) in [6, 6.07) is 20.2. The third-order valence-electron chi connectivity index (χ3n) is 5.99. The molecule has 8 nitrogen and oxygen atoms in total. The average molecular weight is 446 g/mol. The highest BCUT2D eigenvalue weighted by molar-refractivity contribution is 6.24. The highest BCUT2D eigenvalue weighted by atomic mass is 16.7.